The third kappa shape index (κ3) is 2.59. The average molecular weight is 314 g/mol. The van der Waals surface area contributed by atoms with E-state index in [1.54, 1.807) is 11.0 Å². The lowest BCUT2D eigenvalue weighted by molar-refractivity contribution is -0.142. The van der Waals surface area contributed by atoms with Crippen molar-refractivity contribution in [2.45, 2.75) is 12.5 Å². The number of cyclic esters (lactones) is 1. The molecule has 6 nitrogen and oxygen atoms in total. The molecule has 23 heavy (non-hydrogen) atoms. The van der Waals surface area contributed by atoms with Gasteiger partial charge < -0.3 is 14.1 Å². The molecule has 2 aliphatic rings. The van der Waals surface area contributed by atoms with Crippen LogP contribution in [-0.2, 0) is 9.53 Å². The van der Waals surface area contributed by atoms with E-state index in [0.717, 1.165) is 17.4 Å². The fraction of sp³-hybridized carbons (Fsp3) is 0.412. The molecular formula is C17H18N2O4. The molecule has 0 unspecified atom stereocenters. The number of furan rings is 1. The third-order valence-corrected chi connectivity index (χ3v) is 4.59. The Bertz CT molecular complexity index is 713. The number of fused-ring (bicyclic) bond motifs is 1. The van der Waals surface area contributed by atoms with Gasteiger partial charge in [0.1, 0.15) is 11.6 Å². The van der Waals surface area contributed by atoms with Crippen molar-refractivity contribution in [3.8, 4) is 0 Å². The summed E-state index contributed by atoms with van der Waals surface area (Å²) in [7, 11) is 0. The Morgan fingerprint density at radius 3 is 2.61 bits per heavy atom. The Balaban J connectivity index is 1.43. The van der Waals surface area contributed by atoms with Gasteiger partial charge in [-0.2, -0.15) is 0 Å². The quantitative estimate of drug-likeness (QED) is 0.786. The van der Waals surface area contributed by atoms with Gasteiger partial charge in [-0.1, -0.05) is 18.2 Å². The molecule has 2 aliphatic heterocycles. The van der Waals surface area contributed by atoms with Crippen LogP contribution in [0.25, 0.3) is 11.0 Å². The van der Waals surface area contributed by atoms with Gasteiger partial charge in [-0.3, -0.25) is 14.5 Å². The highest BCUT2D eigenvalue weighted by molar-refractivity contribution is 5.96. The van der Waals surface area contributed by atoms with Gasteiger partial charge in [-0.15, -0.1) is 0 Å². The zero-order valence-corrected chi connectivity index (χ0v) is 12.7. The van der Waals surface area contributed by atoms with E-state index in [0.29, 0.717) is 38.5 Å². The van der Waals surface area contributed by atoms with E-state index in [-0.39, 0.29) is 17.9 Å². The summed E-state index contributed by atoms with van der Waals surface area (Å²) in [6.07, 6.45) is 0.746. The third-order valence-electron chi connectivity index (χ3n) is 4.59. The van der Waals surface area contributed by atoms with Gasteiger partial charge in [-0.05, 0) is 12.1 Å². The minimum atomic E-state index is -0.140. The predicted octanol–water partition coefficient (Wildman–Crippen LogP) is 1.51. The zero-order chi connectivity index (χ0) is 15.8. The molecule has 0 bridgehead atoms. The van der Waals surface area contributed by atoms with Gasteiger partial charge in [-0.25, -0.2) is 0 Å². The summed E-state index contributed by atoms with van der Waals surface area (Å²) in [6.45, 7) is 3.07. The van der Waals surface area contributed by atoms with E-state index in [1.165, 1.54) is 0 Å². The molecular weight excluding hydrogens is 296 g/mol. The SMILES string of the molecule is O=C1OCC[C@@H]1N1CCN(C(=O)c2cc3ccccc3o2)CC1. The number of esters is 1. The van der Waals surface area contributed by atoms with Crippen molar-refractivity contribution in [3.63, 3.8) is 0 Å². The van der Waals surface area contributed by atoms with E-state index >= 15 is 0 Å². The first-order valence-electron chi connectivity index (χ1n) is 7.91. The van der Waals surface area contributed by atoms with E-state index in [2.05, 4.69) is 4.90 Å². The number of para-hydroxylation sites is 1. The Kier molecular flexibility index (Phi) is 3.53. The Hall–Kier alpha value is -2.34. The normalized spacial score (nSPS) is 22.5. The molecule has 1 aromatic heterocycles. The average Bonchev–Trinajstić information content (AvgIpc) is 3.20. The lowest BCUT2D eigenvalue weighted by atomic mass is 10.1. The second-order valence-corrected chi connectivity index (χ2v) is 5.95. The summed E-state index contributed by atoms with van der Waals surface area (Å²) >= 11 is 0. The van der Waals surface area contributed by atoms with Crippen LogP contribution in [-0.4, -0.2) is 60.5 Å². The number of ether oxygens (including phenoxy) is 1. The van der Waals surface area contributed by atoms with Crippen molar-refractivity contribution < 1.29 is 18.7 Å². The number of benzene rings is 1. The second kappa shape index (κ2) is 5.70. The maximum atomic E-state index is 12.6. The number of piperazine rings is 1. The van der Waals surface area contributed by atoms with Gasteiger partial charge in [0.05, 0.1) is 6.61 Å². The van der Waals surface area contributed by atoms with Gasteiger partial charge in [0.25, 0.3) is 5.91 Å². The zero-order valence-electron chi connectivity index (χ0n) is 12.7. The largest absolute Gasteiger partial charge is 0.464 e. The molecule has 2 saturated heterocycles. The lowest BCUT2D eigenvalue weighted by Crippen LogP contribution is -2.53. The maximum Gasteiger partial charge on any atom is 0.323 e. The van der Waals surface area contributed by atoms with Crippen molar-refractivity contribution in [2.75, 3.05) is 32.8 Å². The standard InChI is InChI=1S/C17H18N2O4/c20-16(15-11-12-3-1-2-4-14(12)23-15)19-8-6-18(7-9-19)13-5-10-22-17(13)21/h1-4,11,13H,5-10H2/t13-/m0/s1. The fourth-order valence-corrected chi connectivity index (χ4v) is 3.30. The van der Waals surface area contributed by atoms with Crippen molar-refractivity contribution in [1.82, 2.24) is 9.80 Å². The lowest BCUT2D eigenvalue weighted by Gasteiger charge is -2.36. The summed E-state index contributed by atoms with van der Waals surface area (Å²) < 4.78 is 10.7. The van der Waals surface area contributed by atoms with Crippen LogP contribution in [0.1, 0.15) is 17.0 Å². The van der Waals surface area contributed by atoms with Gasteiger partial charge in [0.2, 0.25) is 0 Å². The molecule has 1 amide bonds. The number of carbonyl (C=O) groups excluding carboxylic acids is 2. The first kappa shape index (κ1) is 14.3. The molecule has 3 heterocycles. The van der Waals surface area contributed by atoms with Crippen LogP contribution in [0.3, 0.4) is 0 Å². The number of carbonyl (C=O) groups is 2. The molecule has 0 N–H and O–H groups in total. The monoisotopic (exact) mass is 314 g/mol. The highest BCUT2D eigenvalue weighted by Gasteiger charge is 2.35. The summed E-state index contributed by atoms with van der Waals surface area (Å²) in [5.74, 6) is 0.150. The molecule has 0 saturated carbocycles. The van der Waals surface area contributed by atoms with E-state index in [9.17, 15) is 9.59 Å². The van der Waals surface area contributed by atoms with Crippen LogP contribution in [0.5, 0.6) is 0 Å². The van der Waals surface area contributed by atoms with Gasteiger partial charge in [0.15, 0.2) is 5.76 Å². The van der Waals surface area contributed by atoms with Crippen molar-refractivity contribution in [2.24, 2.45) is 0 Å². The number of amides is 1. The minimum absolute atomic E-state index is 0.0881. The molecule has 0 spiro atoms. The smallest absolute Gasteiger partial charge is 0.323 e. The van der Waals surface area contributed by atoms with E-state index < -0.39 is 0 Å². The molecule has 2 fully saturated rings. The van der Waals surface area contributed by atoms with E-state index in [1.807, 2.05) is 24.3 Å². The van der Waals surface area contributed by atoms with Crippen molar-refractivity contribution in [1.29, 1.82) is 0 Å². The van der Waals surface area contributed by atoms with Crippen LogP contribution in [0, 0.1) is 0 Å². The highest BCUT2D eigenvalue weighted by Crippen LogP contribution is 2.21. The number of nitrogens with zero attached hydrogens (tertiary/aromatic N) is 2. The number of hydrogen-bond donors (Lipinski definition) is 0. The summed E-state index contributed by atoms with van der Waals surface area (Å²) in [5, 5.41) is 0.934. The second-order valence-electron chi connectivity index (χ2n) is 5.95. The van der Waals surface area contributed by atoms with Crippen LogP contribution in [0.4, 0.5) is 0 Å². The molecule has 1 atom stereocenters. The van der Waals surface area contributed by atoms with Gasteiger partial charge in [0, 0.05) is 38.0 Å². The summed E-state index contributed by atoms with van der Waals surface area (Å²) in [5.41, 5.74) is 0.725. The van der Waals surface area contributed by atoms with Gasteiger partial charge >= 0.3 is 5.97 Å². The Morgan fingerprint density at radius 2 is 1.91 bits per heavy atom. The van der Waals surface area contributed by atoms with E-state index in [4.69, 9.17) is 9.15 Å². The van der Waals surface area contributed by atoms with Crippen molar-refractivity contribution >= 4 is 22.8 Å². The maximum absolute atomic E-state index is 12.6. The first-order chi connectivity index (χ1) is 11.2. The van der Waals surface area contributed by atoms with Crippen LogP contribution < -0.4 is 0 Å². The van der Waals surface area contributed by atoms with Crippen LogP contribution in [0.2, 0.25) is 0 Å². The topological polar surface area (TPSA) is 63.0 Å². The predicted molar refractivity (Wildman–Crippen MR) is 83.1 cm³/mol. The Morgan fingerprint density at radius 1 is 1.13 bits per heavy atom. The fourth-order valence-electron chi connectivity index (χ4n) is 3.30. The Labute approximate surface area is 133 Å². The van der Waals surface area contributed by atoms with Crippen molar-refractivity contribution in [3.05, 3.63) is 36.1 Å². The molecule has 120 valence electrons. The summed E-state index contributed by atoms with van der Waals surface area (Å²) in [4.78, 5) is 28.1. The molecule has 4 rings (SSSR count). The molecule has 1 aromatic carbocycles. The molecule has 6 heteroatoms. The number of hydrogen-bond acceptors (Lipinski definition) is 5. The minimum Gasteiger partial charge on any atom is -0.464 e. The highest BCUT2D eigenvalue weighted by atomic mass is 16.5. The van der Waals surface area contributed by atoms with Crippen LogP contribution >= 0.6 is 0 Å². The first-order valence-corrected chi connectivity index (χ1v) is 7.91. The summed E-state index contributed by atoms with van der Waals surface area (Å²) in [6, 6.07) is 9.25. The molecule has 0 radical (unpaired) electrons. The number of rotatable bonds is 2. The molecule has 0 aliphatic carbocycles. The molecule has 2 aromatic rings. The van der Waals surface area contributed by atoms with Crippen LogP contribution in [0.15, 0.2) is 34.7 Å².